The summed E-state index contributed by atoms with van der Waals surface area (Å²) in [5.41, 5.74) is 11.2. The molecule has 513 valence electrons. The molecular weight excluding hydrogens is 1250 g/mol. The number of primary amides is 2. The predicted octanol–water partition coefficient (Wildman–Crippen LogP) is -5.96. The molecule has 37 nitrogen and oxygen atoms in total. The lowest BCUT2D eigenvalue weighted by molar-refractivity contribution is -0.131. The first-order chi connectivity index (χ1) is 45.0. The normalized spacial score (nSPS) is 12.4. The summed E-state index contributed by atoms with van der Waals surface area (Å²) in [6, 6.07) is -0.419. The monoisotopic (exact) mass is 1330 g/mol. The van der Waals surface area contributed by atoms with Gasteiger partial charge in [-0.05, 0) is 79.8 Å². The molecule has 5 atom stereocenters. The van der Waals surface area contributed by atoms with E-state index in [2.05, 4.69) is 73.4 Å². The molecular formula is C58H76N17O20. The molecule has 3 rings (SSSR count). The lowest BCUT2D eigenvalue weighted by Crippen LogP contribution is -2.59. The van der Waals surface area contributed by atoms with Gasteiger partial charge in [0.1, 0.15) is 53.6 Å². The molecule has 3 heterocycles. The van der Waals surface area contributed by atoms with Gasteiger partial charge in [0.15, 0.2) is 0 Å². The minimum atomic E-state index is -2.32. The maximum absolute atomic E-state index is 14.6. The Hall–Kier alpha value is -11.4. The van der Waals surface area contributed by atoms with Crippen molar-refractivity contribution >= 4 is 101 Å². The fraction of sp³-hybridized carbons (Fsp3) is 0.431. The summed E-state index contributed by atoms with van der Waals surface area (Å²) in [6.07, 6.45) is -0.161. The number of carbonyl (C=O) groups excluding carboxylic acids is 14. The van der Waals surface area contributed by atoms with Crippen molar-refractivity contribution in [2.24, 2.45) is 17.2 Å². The van der Waals surface area contributed by atoms with Crippen LogP contribution in [0.2, 0.25) is 0 Å². The van der Waals surface area contributed by atoms with Crippen molar-refractivity contribution in [3.05, 3.63) is 95.3 Å². The number of hydrogen-bond acceptors (Lipinski definition) is 21. The van der Waals surface area contributed by atoms with Gasteiger partial charge in [0.25, 0.3) is 0 Å². The summed E-state index contributed by atoms with van der Waals surface area (Å²) in [7, 11) is 0. The molecule has 0 aliphatic rings. The number of aromatic nitrogens is 3. The maximum Gasteiger partial charge on any atom is 0.354 e. The fourth-order valence-electron chi connectivity index (χ4n) is 8.96. The third-order valence-corrected chi connectivity index (χ3v) is 13.6. The molecule has 0 bridgehead atoms. The Morgan fingerprint density at radius 2 is 0.789 bits per heavy atom. The van der Waals surface area contributed by atoms with Gasteiger partial charge in [0.2, 0.25) is 76.8 Å². The number of carboxylic acid groups (broad SMARTS) is 3. The molecule has 0 saturated heterocycles. The SMILES string of the molecule is CC(NC(=O)CCNC(=O)CCN)C(=O)NCCC(=O)N[C@@H](CCC(N)=O)C(=O)NCCC(=O)NC(C)C(=O)NCCC(=O)N[C@@H](CCC(N)=O)C(=O)NCCC(=O)NC(C(=O)N[CH]CC=O)C(c1ccnc(C(=O)O)c1)(c1ccnc(C(=O)O)c1)c1ccnc(C(=O)O)c1. The Labute approximate surface area is 541 Å². The Morgan fingerprint density at radius 3 is 1.13 bits per heavy atom. The van der Waals surface area contributed by atoms with Crippen LogP contribution in [0.4, 0.5) is 0 Å². The van der Waals surface area contributed by atoms with Crippen LogP contribution in [0.3, 0.4) is 0 Å². The number of aldehydes is 1. The highest BCUT2D eigenvalue weighted by Crippen LogP contribution is 2.43. The Morgan fingerprint density at radius 1 is 0.453 bits per heavy atom. The molecule has 1 radical (unpaired) electrons. The second-order valence-electron chi connectivity index (χ2n) is 20.8. The molecule has 0 aliphatic heterocycles. The number of pyridine rings is 3. The van der Waals surface area contributed by atoms with Crippen molar-refractivity contribution in [3.8, 4) is 0 Å². The number of carbonyl (C=O) groups is 17. The Bertz CT molecular complexity index is 3190. The molecule has 0 fully saturated rings. The highest BCUT2D eigenvalue weighted by Gasteiger charge is 2.50. The van der Waals surface area contributed by atoms with Crippen molar-refractivity contribution in [1.29, 1.82) is 0 Å². The zero-order valence-corrected chi connectivity index (χ0v) is 51.6. The molecule has 0 saturated carbocycles. The summed E-state index contributed by atoms with van der Waals surface area (Å²) in [5.74, 6) is -14.9. The van der Waals surface area contributed by atoms with Crippen LogP contribution in [-0.2, 0) is 72.5 Å². The predicted molar refractivity (Wildman–Crippen MR) is 326 cm³/mol. The Kier molecular flexibility index (Phi) is 32.6. The van der Waals surface area contributed by atoms with Crippen LogP contribution in [0.5, 0.6) is 0 Å². The standard InChI is InChI=1S/C58H76N17O20/c1-31(71-44(80)12-22-65-43(79)8-17-59)50(85)67-23-14-46(82)73-36(4-6-41(60)77)52(87)69-25-13-45(81)72-32(2)51(86)68-24-15-47(83)74-37(5-7-42(61)78)53(88)70-26-16-48(84)75-49(54(89)66-18-3-27-76)58(33-9-19-62-38(28-33)55(90)91,34-10-20-63-39(29-34)56(92)93)35-11-21-64-40(30-35)57(94)95/h9-11,18-21,27-32,36-37,49H,3-8,12-17,22-26,59H2,1-2H3,(H2,60,77)(H2,61,78)(H,65,79)(H,66,89)(H,67,85)(H,68,86)(H,69,87)(H,70,88)(H,71,80)(H,72,81)(H,73,82)(H,74,83)(H,75,84)(H,90,91)(H,92,93)(H,94,95)/t31?,32?,36-,37-,49?/m0/s1. The number of hydrogen-bond donors (Lipinski definition) is 17. The maximum atomic E-state index is 14.6. The van der Waals surface area contributed by atoms with E-state index in [1.54, 1.807) is 0 Å². The minimum absolute atomic E-state index is 0.0207. The van der Waals surface area contributed by atoms with Gasteiger partial charge >= 0.3 is 17.9 Å². The first-order valence-corrected chi connectivity index (χ1v) is 29.3. The highest BCUT2D eigenvalue weighted by atomic mass is 16.4. The molecule has 13 amide bonds. The molecule has 3 aromatic rings. The van der Waals surface area contributed by atoms with E-state index in [0.29, 0.717) is 6.29 Å². The lowest BCUT2D eigenvalue weighted by atomic mass is 9.64. The molecule has 0 aliphatic carbocycles. The van der Waals surface area contributed by atoms with Crippen LogP contribution < -0.4 is 75.7 Å². The summed E-state index contributed by atoms with van der Waals surface area (Å²) in [6.45, 7) is 2.40. The zero-order chi connectivity index (χ0) is 70.8. The lowest BCUT2D eigenvalue weighted by Gasteiger charge is -2.42. The molecule has 3 unspecified atom stereocenters. The van der Waals surface area contributed by atoms with Crippen LogP contribution in [0, 0.1) is 6.54 Å². The fourth-order valence-corrected chi connectivity index (χ4v) is 8.96. The van der Waals surface area contributed by atoms with Gasteiger partial charge in [-0.25, -0.2) is 29.3 Å². The van der Waals surface area contributed by atoms with Gasteiger partial charge < -0.3 is 95.8 Å². The first kappa shape index (κ1) is 77.8. The van der Waals surface area contributed by atoms with Crippen LogP contribution in [0.25, 0.3) is 0 Å². The van der Waals surface area contributed by atoms with E-state index in [-0.39, 0.29) is 107 Å². The number of nitrogens with one attached hydrogen (secondary N) is 11. The van der Waals surface area contributed by atoms with Crippen molar-refractivity contribution < 1.29 is 96.8 Å². The quantitative estimate of drug-likeness (QED) is 0.0185. The summed E-state index contributed by atoms with van der Waals surface area (Å²) in [5, 5.41) is 57.0. The minimum Gasteiger partial charge on any atom is -0.477 e. The third-order valence-electron chi connectivity index (χ3n) is 13.6. The molecule has 3 aromatic heterocycles. The number of rotatable bonds is 43. The van der Waals surface area contributed by atoms with Crippen LogP contribution in [0.15, 0.2) is 55.0 Å². The van der Waals surface area contributed by atoms with E-state index in [1.807, 2.05) is 0 Å². The van der Waals surface area contributed by atoms with Crippen LogP contribution >= 0.6 is 0 Å². The van der Waals surface area contributed by atoms with Crippen molar-refractivity contribution in [1.82, 2.24) is 73.4 Å². The molecule has 0 spiro atoms. The van der Waals surface area contributed by atoms with Crippen molar-refractivity contribution in [2.75, 3.05) is 39.3 Å². The van der Waals surface area contributed by atoms with Crippen LogP contribution in [0.1, 0.15) is 133 Å². The smallest absolute Gasteiger partial charge is 0.354 e. The Balaban J connectivity index is 1.64. The third kappa shape index (κ3) is 26.4. The van der Waals surface area contributed by atoms with E-state index in [1.165, 1.54) is 32.0 Å². The van der Waals surface area contributed by atoms with Crippen molar-refractivity contribution in [3.63, 3.8) is 0 Å². The highest BCUT2D eigenvalue weighted by molar-refractivity contribution is 5.95. The van der Waals surface area contributed by atoms with E-state index in [0.717, 1.165) is 43.3 Å². The van der Waals surface area contributed by atoms with Gasteiger partial charge in [-0.1, -0.05) is 0 Å². The average Bonchev–Trinajstić information content (AvgIpc) is 0.734. The first-order valence-electron chi connectivity index (χ1n) is 29.3. The number of aromatic carboxylic acids is 3. The van der Waals surface area contributed by atoms with Gasteiger partial charge in [-0.15, -0.1) is 0 Å². The molecule has 37 heteroatoms. The second kappa shape index (κ2) is 39.8. The number of carboxylic acids is 3. The van der Waals surface area contributed by atoms with E-state index in [4.69, 9.17) is 17.2 Å². The van der Waals surface area contributed by atoms with Gasteiger partial charge in [0, 0.05) is 116 Å². The van der Waals surface area contributed by atoms with Crippen LogP contribution in [-0.4, -0.2) is 201 Å². The van der Waals surface area contributed by atoms with E-state index < -0.39 is 167 Å². The van der Waals surface area contributed by atoms with Crippen molar-refractivity contribution in [2.45, 2.75) is 120 Å². The molecule has 95 heavy (non-hydrogen) atoms. The van der Waals surface area contributed by atoms with E-state index in [9.17, 15) is 96.8 Å². The topological polar surface area (TPSA) is 600 Å². The number of nitrogens with two attached hydrogens (primary N) is 3. The largest absolute Gasteiger partial charge is 0.477 e. The van der Waals surface area contributed by atoms with E-state index >= 15 is 0 Å². The average molecular weight is 1330 g/mol. The number of nitrogens with zero attached hydrogens (tertiary/aromatic N) is 3. The molecule has 0 aromatic carbocycles. The zero-order valence-electron chi connectivity index (χ0n) is 51.6. The van der Waals surface area contributed by atoms with Gasteiger partial charge in [-0.2, -0.15) is 0 Å². The summed E-state index contributed by atoms with van der Waals surface area (Å²) in [4.78, 5) is 227. The second-order valence-corrected chi connectivity index (χ2v) is 20.8. The summed E-state index contributed by atoms with van der Waals surface area (Å²) < 4.78 is 0. The summed E-state index contributed by atoms with van der Waals surface area (Å²) >= 11 is 0. The number of amides is 13. The van der Waals surface area contributed by atoms with Gasteiger partial charge in [0.05, 0.1) is 12.0 Å². The molecule has 20 N–H and O–H groups in total. The van der Waals surface area contributed by atoms with Gasteiger partial charge in [-0.3, -0.25) is 62.3 Å².